The summed E-state index contributed by atoms with van der Waals surface area (Å²) in [5.74, 6) is -0.151. The zero-order valence-corrected chi connectivity index (χ0v) is 14.0. The third kappa shape index (κ3) is 5.21. The summed E-state index contributed by atoms with van der Waals surface area (Å²) < 4.78 is 27.0. The van der Waals surface area contributed by atoms with Crippen LogP contribution in [0.4, 0.5) is 0 Å². The molecule has 0 fully saturated rings. The minimum atomic E-state index is -3.54. The third-order valence-electron chi connectivity index (χ3n) is 2.49. The van der Waals surface area contributed by atoms with Crippen LogP contribution in [0.5, 0.6) is 0 Å². The van der Waals surface area contributed by atoms with Gasteiger partial charge in [0.05, 0.1) is 0 Å². The molecule has 1 heterocycles. The topological polar surface area (TPSA) is 75.3 Å². The Hall–Kier alpha value is -0.440. The van der Waals surface area contributed by atoms with Crippen LogP contribution in [-0.2, 0) is 14.8 Å². The molecule has 0 radical (unpaired) electrons. The maximum atomic E-state index is 11.9. The first kappa shape index (κ1) is 16.6. The van der Waals surface area contributed by atoms with Gasteiger partial charge in [0.2, 0.25) is 5.91 Å². The van der Waals surface area contributed by atoms with E-state index in [1.807, 2.05) is 13.8 Å². The minimum Gasteiger partial charge on any atom is -0.354 e. The molecule has 0 saturated heterocycles. The monoisotopic (exact) mass is 368 g/mol. The van der Waals surface area contributed by atoms with Gasteiger partial charge in [0.25, 0.3) is 10.0 Å². The van der Waals surface area contributed by atoms with Crippen LogP contribution >= 0.6 is 27.3 Å². The van der Waals surface area contributed by atoms with Gasteiger partial charge in [-0.15, -0.1) is 11.3 Å². The molecule has 0 aliphatic carbocycles. The van der Waals surface area contributed by atoms with Crippen molar-refractivity contribution in [1.29, 1.82) is 0 Å². The lowest BCUT2D eigenvalue weighted by Gasteiger charge is -2.11. The highest BCUT2D eigenvalue weighted by atomic mass is 79.9. The number of amides is 1. The van der Waals surface area contributed by atoms with Gasteiger partial charge in [0.1, 0.15) is 4.21 Å². The first-order valence-corrected chi connectivity index (χ1v) is 9.04. The van der Waals surface area contributed by atoms with E-state index in [0.717, 1.165) is 17.8 Å². The molecule has 0 aliphatic heterocycles. The Labute approximate surface area is 126 Å². The molecule has 8 heteroatoms. The highest BCUT2D eigenvalue weighted by Gasteiger charge is 2.19. The van der Waals surface area contributed by atoms with E-state index >= 15 is 0 Å². The van der Waals surface area contributed by atoms with Crippen molar-refractivity contribution in [2.45, 2.75) is 36.9 Å². The van der Waals surface area contributed by atoms with Crippen LogP contribution in [0, 0.1) is 0 Å². The fourth-order valence-corrected chi connectivity index (χ4v) is 4.70. The fraction of sp³-hybridized carbons (Fsp3) is 0.545. The Morgan fingerprint density at radius 3 is 2.74 bits per heavy atom. The number of sulfonamides is 1. The van der Waals surface area contributed by atoms with Crippen LogP contribution in [0.3, 0.4) is 0 Å². The molecule has 108 valence electrons. The van der Waals surface area contributed by atoms with E-state index in [9.17, 15) is 13.2 Å². The van der Waals surface area contributed by atoms with Gasteiger partial charge in [0.15, 0.2) is 0 Å². The quantitative estimate of drug-likeness (QED) is 0.773. The third-order valence-corrected chi connectivity index (χ3v) is 6.62. The largest absolute Gasteiger partial charge is 0.354 e. The maximum Gasteiger partial charge on any atom is 0.251 e. The highest BCUT2D eigenvalue weighted by molar-refractivity contribution is 9.10. The second-order valence-electron chi connectivity index (χ2n) is 4.08. The van der Waals surface area contributed by atoms with E-state index in [0.29, 0.717) is 4.47 Å². The average Bonchev–Trinajstić information content (AvgIpc) is 2.75. The predicted molar refractivity (Wildman–Crippen MR) is 79.7 cm³/mol. The molecule has 1 amide bonds. The standard InChI is InChI=1S/C11H17BrN2O3S2/c1-3-8(2)14-10(15)4-6-13-19(16,17)11-9(12)5-7-18-11/h5,7-8,13H,3-4,6H2,1-2H3,(H,14,15). The first-order valence-electron chi connectivity index (χ1n) is 5.89. The zero-order valence-electron chi connectivity index (χ0n) is 10.8. The maximum absolute atomic E-state index is 11.9. The Morgan fingerprint density at radius 1 is 1.53 bits per heavy atom. The highest BCUT2D eigenvalue weighted by Crippen LogP contribution is 2.27. The number of thiophene rings is 1. The summed E-state index contributed by atoms with van der Waals surface area (Å²) in [7, 11) is -3.54. The number of hydrogen-bond acceptors (Lipinski definition) is 4. The molecular formula is C11H17BrN2O3S2. The van der Waals surface area contributed by atoms with E-state index in [-0.39, 0.29) is 29.1 Å². The van der Waals surface area contributed by atoms with E-state index in [4.69, 9.17) is 0 Å². The smallest absolute Gasteiger partial charge is 0.251 e. The molecule has 0 saturated carbocycles. The average molecular weight is 369 g/mol. The van der Waals surface area contributed by atoms with Crippen LogP contribution in [0.15, 0.2) is 20.1 Å². The van der Waals surface area contributed by atoms with Gasteiger partial charge in [-0.2, -0.15) is 0 Å². The normalized spacial score (nSPS) is 13.2. The van der Waals surface area contributed by atoms with Crippen molar-refractivity contribution >= 4 is 43.2 Å². The summed E-state index contributed by atoms with van der Waals surface area (Å²) in [6.45, 7) is 3.97. The Morgan fingerprint density at radius 2 is 2.21 bits per heavy atom. The van der Waals surface area contributed by atoms with Crippen LogP contribution < -0.4 is 10.0 Å². The van der Waals surface area contributed by atoms with Crippen LogP contribution in [0.25, 0.3) is 0 Å². The molecule has 1 atom stereocenters. The van der Waals surface area contributed by atoms with Crippen LogP contribution in [-0.4, -0.2) is 26.9 Å². The molecule has 0 aliphatic rings. The van der Waals surface area contributed by atoms with Gasteiger partial charge in [-0.3, -0.25) is 4.79 Å². The Bertz CT molecular complexity index is 528. The van der Waals surface area contributed by atoms with Crippen molar-refractivity contribution in [2.75, 3.05) is 6.54 Å². The van der Waals surface area contributed by atoms with Crippen molar-refractivity contribution in [3.8, 4) is 0 Å². The number of carbonyl (C=O) groups is 1. The summed E-state index contributed by atoms with van der Waals surface area (Å²) in [6.07, 6.45) is 0.978. The van der Waals surface area contributed by atoms with E-state index in [1.54, 1.807) is 11.4 Å². The van der Waals surface area contributed by atoms with E-state index < -0.39 is 10.0 Å². The summed E-state index contributed by atoms with van der Waals surface area (Å²) >= 11 is 4.31. The molecular weight excluding hydrogens is 352 g/mol. The van der Waals surface area contributed by atoms with Crippen molar-refractivity contribution in [3.05, 3.63) is 15.9 Å². The van der Waals surface area contributed by atoms with Crippen molar-refractivity contribution < 1.29 is 13.2 Å². The lowest BCUT2D eigenvalue weighted by atomic mass is 10.2. The SMILES string of the molecule is CCC(C)NC(=O)CCNS(=O)(=O)c1sccc1Br. The van der Waals surface area contributed by atoms with Crippen LogP contribution in [0.2, 0.25) is 0 Å². The van der Waals surface area contributed by atoms with Gasteiger partial charge in [-0.25, -0.2) is 13.1 Å². The van der Waals surface area contributed by atoms with Gasteiger partial charge >= 0.3 is 0 Å². The number of rotatable bonds is 7. The van der Waals surface area contributed by atoms with E-state index in [2.05, 4.69) is 26.0 Å². The molecule has 1 aromatic heterocycles. The van der Waals surface area contributed by atoms with E-state index in [1.165, 1.54) is 0 Å². The van der Waals surface area contributed by atoms with Gasteiger partial charge in [0, 0.05) is 23.5 Å². The summed E-state index contributed by atoms with van der Waals surface area (Å²) in [6, 6.07) is 1.78. The van der Waals surface area contributed by atoms with Crippen molar-refractivity contribution in [3.63, 3.8) is 0 Å². The van der Waals surface area contributed by atoms with Crippen molar-refractivity contribution in [1.82, 2.24) is 10.0 Å². The van der Waals surface area contributed by atoms with Crippen molar-refractivity contribution in [2.24, 2.45) is 0 Å². The molecule has 0 aromatic carbocycles. The van der Waals surface area contributed by atoms with Gasteiger partial charge in [-0.05, 0) is 40.7 Å². The molecule has 1 rings (SSSR count). The second kappa shape index (κ2) is 7.37. The lowest BCUT2D eigenvalue weighted by Crippen LogP contribution is -2.35. The predicted octanol–water partition coefficient (Wildman–Crippen LogP) is 2.09. The lowest BCUT2D eigenvalue weighted by molar-refractivity contribution is -0.121. The molecule has 19 heavy (non-hydrogen) atoms. The van der Waals surface area contributed by atoms with Crippen LogP contribution in [0.1, 0.15) is 26.7 Å². The Kier molecular flexibility index (Phi) is 6.45. The zero-order chi connectivity index (χ0) is 14.5. The first-order chi connectivity index (χ1) is 8.86. The summed E-state index contributed by atoms with van der Waals surface area (Å²) in [5.41, 5.74) is 0. The summed E-state index contributed by atoms with van der Waals surface area (Å²) in [5, 5.41) is 4.47. The fourth-order valence-electron chi connectivity index (χ4n) is 1.29. The molecule has 5 nitrogen and oxygen atoms in total. The molecule has 2 N–H and O–H groups in total. The second-order valence-corrected chi connectivity index (χ2v) is 7.81. The molecule has 0 spiro atoms. The van der Waals surface area contributed by atoms with Gasteiger partial charge < -0.3 is 5.32 Å². The molecule has 1 unspecified atom stereocenters. The number of hydrogen-bond donors (Lipinski definition) is 2. The number of carbonyl (C=O) groups excluding carboxylic acids is 1. The molecule has 0 bridgehead atoms. The minimum absolute atomic E-state index is 0.0922. The number of halogens is 1. The summed E-state index contributed by atoms with van der Waals surface area (Å²) in [4.78, 5) is 11.5. The number of nitrogens with one attached hydrogen (secondary N) is 2. The Balaban J connectivity index is 2.45. The van der Waals surface area contributed by atoms with Gasteiger partial charge in [-0.1, -0.05) is 6.92 Å². The molecule has 1 aromatic rings.